The Morgan fingerprint density at radius 3 is 1.53 bits per heavy atom. The van der Waals surface area contributed by atoms with Crippen molar-refractivity contribution < 1.29 is 51.1 Å². The molecule has 0 radical (unpaired) electrons. The summed E-state index contributed by atoms with van der Waals surface area (Å²) in [5.74, 6) is -7.36. The van der Waals surface area contributed by atoms with Crippen LogP contribution in [0.3, 0.4) is 0 Å². The molecule has 1 aliphatic carbocycles. The number of rotatable bonds is 7. The molecule has 6 aromatic carbocycles. The molecule has 0 saturated heterocycles. The Kier molecular flexibility index (Phi) is 9.53. The summed E-state index contributed by atoms with van der Waals surface area (Å²) < 4.78 is 0. The molecular formula is C48H42O10. The first-order chi connectivity index (χ1) is 27.6. The second-order valence-electron chi connectivity index (χ2n) is 14.5. The average molecular weight is 779 g/mol. The molecule has 294 valence electrons. The van der Waals surface area contributed by atoms with Gasteiger partial charge in [-0.2, -0.15) is 0 Å². The second kappa shape index (κ2) is 14.2. The van der Waals surface area contributed by atoms with Gasteiger partial charge in [-0.1, -0.05) is 109 Å². The van der Waals surface area contributed by atoms with Crippen molar-refractivity contribution in [2.75, 3.05) is 0 Å². The van der Waals surface area contributed by atoms with E-state index >= 15 is 0 Å². The Morgan fingerprint density at radius 1 is 0.534 bits per heavy atom. The second-order valence-corrected chi connectivity index (χ2v) is 14.5. The minimum atomic E-state index is -1.45. The van der Waals surface area contributed by atoms with Gasteiger partial charge in [0.2, 0.25) is 17.2 Å². The summed E-state index contributed by atoms with van der Waals surface area (Å²) in [4.78, 5) is 0. The zero-order valence-electron chi connectivity index (χ0n) is 32.1. The molecule has 7 rings (SSSR count). The fourth-order valence-electron chi connectivity index (χ4n) is 8.58. The van der Waals surface area contributed by atoms with Gasteiger partial charge >= 0.3 is 0 Å². The number of aryl methyl sites for hydroxylation is 1. The van der Waals surface area contributed by atoms with Crippen molar-refractivity contribution in [3.8, 4) is 90.9 Å². The Hall–Kier alpha value is -7.46. The van der Waals surface area contributed by atoms with Crippen molar-refractivity contribution in [1.82, 2.24) is 0 Å². The molecular weight excluding hydrogens is 737 g/mol. The minimum absolute atomic E-state index is 0.0626. The molecule has 6 aromatic rings. The van der Waals surface area contributed by atoms with Crippen LogP contribution in [-0.2, 0) is 11.8 Å². The van der Waals surface area contributed by atoms with Crippen LogP contribution in [-0.4, -0.2) is 51.1 Å². The van der Waals surface area contributed by atoms with Gasteiger partial charge in [0.15, 0.2) is 34.5 Å². The zero-order valence-corrected chi connectivity index (χ0v) is 32.1. The topological polar surface area (TPSA) is 202 Å². The molecule has 0 aliphatic heterocycles. The fraction of sp³-hybridized carbons (Fsp3) is 0.125. The van der Waals surface area contributed by atoms with Crippen molar-refractivity contribution in [3.05, 3.63) is 148 Å². The van der Waals surface area contributed by atoms with E-state index in [9.17, 15) is 51.1 Å². The Balaban J connectivity index is 1.51. The lowest BCUT2D eigenvalue weighted by atomic mass is 9.66. The van der Waals surface area contributed by atoms with Crippen LogP contribution in [0.25, 0.3) is 39.5 Å². The maximum absolute atomic E-state index is 11.8. The number of fused-ring (bicyclic) bond motifs is 1. The summed E-state index contributed by atoms with van der Waals surface area (Å²) in [7, 11) is 0. The first-order valence-electron chi connectivity index (χ1n) is 18.4. The highest BCUT2D eigenvalue weighted by Gasteiger charge is 2.50. The largest absolute Gasteiger partial charge is 0.507 e. The van der Waals surface area contributed by atoms with Gasteiger partial charge in [0.1, 0.15) is 5.75 Å². The van der Waals surface area contributed by atoms with Crippen molar-refractivity contribution >= 4 is 6.08 Å². The molecule has 0 spiro atoms. The fourth-order valence-corrected chi connectivity index (χ4v) is 8.58. The molecule has 0 aromatic heterocycles. The Bertz CT molecular complexity index is 2740. The number of hydrogen-bond donors (Lipinski definition) is 10. The predicted octanol–water partition coefficient (Wildman–Crippen LogP) is 9.70. The number of hydrogen-bond acceptors (Lipinski definition) is 10. The predicted molar refractivity (Wildman–Crippen MR) is 223 cm³/mol. The highest BCUT2D eigenvalue weighted by molar-refractivity contribution is 5.97. The van der Waals surface area contributed by atoms with E-state index in [4.69, 9.17) is 0 Å². The highest BCUT2D eigenvalue weighted by atomic mass is 16.3. The summed E-state index contributed by atoms with van der Waals surface area (Å²) in [5.41, 5.74) is 3.30. The SMILES string of the molecule is C=Cc1c(O)c(O)c(O)c(C2(c3ccc(-c4c(C)c(-c5c(C)c(-c6ccc(C)cc6)c(O)c(O)c5O)c(O)c(O)c4O)cc3)/C(=C/C=C\C)Cc3ccccc32)c1O. The van der Waals surface area contributed by atoms with Gasteiger partial charge in [-0.3, -0.25) is 0 Å². The van der Waals surface area contributed by atoms with Crippen LogP contribution in [0.15, 0.2) is 103 Å². The van der Waals surface area contributed by atoms with Gasteiger partial charge in [0.25, 0.3) is 0 Å². The van der Waals surface area contributed by atoms with Gasteiger partial charge in [-0.15, -0.1) is 0 Å². The van der Waals surface area contributed by atoms with E-state index in [1.165, 1.54) is 6.08 Å². The normalized spacial score (nSPS) is 15.6. The molecule has 0 fully saturated rings. The maximum atomic E-state index is 11.8. The molecule has 1 aliphatic rings. The number of phenols is 10. The summed E-state index contributed by atoms with van der Waals surface area (Å²) in [6.45, 7) is 10.6. The van der Waals surface area contributed by atoms with Crippen LogP contribution in [0.5, 0.6) is 57.5 Å². The average Bonchev–Trinajstić information content (AvgIpc) is 3.54. The number of aromatic hydroxyl groups is 10. The summed E-state index contributed by atoms with van der Waals surface area (Å²) in [6, 6.07) is 21.2. The molecule has 58 heavy (non-hydrogen) atoms. The maximum Gasteiger partial charge on any atom is 0.201 e. The molecule has 10 nitrogen and oxygen atoms in total. The quantitative estimate of drug-likeness (QED) is 0.0549. The van der Waals surface area contributed by atoms with Gasteiger partial charge in [0.05, 0.1) is 16.5 Å². The van der Waals surface area contributed by atoms with E-state index in [2.05, 4.69) is 6.58 Å². The molecule has 0 bridgehead atoms. The molecule has 0 amide bonds. The standard InChI is InChI=1S/C48H42O10/c1-6-8-12-30-22-28-11-9-10-13-32(28)48(30,37-38(49)31(7-2)39(50)45(56)44(37)55)29-20-18-27(19-21-29)34-25(5)36(43(54)47(58)41(34)52)35-24(4)33(40(51)46(57)42(35)53)26-16-14-23(3)15-17-26/h6-21,49-58H,2,22H2,1,3-5H3/b8-6-,30-12+. The van der Waals surface area contributed by atoms with E-state index in [0.29, 0.717) is 34.2 Å². The van der Waals surface area contributed by atoms with Gasteiger partial charge in [-0.25, -0.2) is 0 Å². The third kappa shape index (κ3) is 5.48. The van der Waals surface area contributed by atoms with Crippen LogP contribution in [0.2, 0.25) is 0 Å². The van der Waals surface area contributed by atoms with Crippen molar-refractivity contribution in [2.24, 2.45) is 0 Å². The molecule has 10 N–H and O–H groups in total. The smallest absolute Gasteiger partial charge is 0.201 e. The third-order valence-electron chi connectivity index (χ3n) is 11.3. The Morgan fingerprint density at radius 2 is 1.02 bits per heavy atom. The van der Waals surface area contributed by atoms with Crippen LogP contribution >= 0.6 is 0 Å². The lowest BCUT2D eigenvalue weighted by Gasteiger charge is -2.36. The van der Waals surface area contributed by atoms with Crippen LogP contribution in [0, 0.1) is 20.8 Å². The van der Waals surface area contributed by atoms with E-state index in [1.807, 2.05) is 68.5 Å². The lowest BCUT2D eigenvalue weighted by molar-refractivity contribution is 0.351. The van der Waals surface area contributed by atoms with E-state index in [-0.39, 0.29) is 44.5 Å². The van der Waals surface area contributed by atoms with E-state index in [1.54, 1.807) is 50.2 Å². The van der Waals surface area contributed by atoms with Gasteiger partial charge in [-0.05, 0) is 78.6 Å². The molecule has 1 atom stereocenters. The minimum Gasteiger partial charge on any atom is -0.507 e. The molecule has 0 heterocycles. The first-order valence-corrected chi connectivity index (χ1v) is 18.4. The summed E-state index contributed by atoms with van der Waals surface area (Å²) in [5, 5.41) is 113. The van der Waals surface area contributed by atoms with E-state index < -0.39 is 62.9 Å². The summed E-state index contributed by atoms with van der Waals surface area (Å²) >= 11 is 0. The van der Waals surface area contributed by atoms with Crippen molar-refractivity contribution in [1.29, 1.82) is 0 Å². The van der Waals surface area contributed by atoms with E-state index in [0.717, 1.165) is 11.1 Å². The van der Waals surface area contributed by atoms with Gasteiger partial charge in [0, 0.05) is 22.3 Å². The third-order valence-corrected chi connectivity index (χ3v) is 11.3. The number of phenolic OH excluding ortho intramolecular Hbond substituents is 10. The summed E-state index contributed by atoms with van der Waals surface area (Å²) in [6.07, 6.45) is 7.06. The Labute approximate surface area is 334 Å². The van der Waals surface area contributed by atoms with Crippen molar-refractivity contribution in [3.63, 3.8) is 0 Å². The highest BCUT2D eigenvalue weighted by Crippen LogP contribution is 2.62. The molecule has 1 unspecified atom stereocenters. The van der Waals surface area contributed by atoms with Crippen LogP contribution in [0.1, 0.15) is 51.4 Å². The van der Waals surface area contributed by atoms with Crippen LogP contribution < -0.4 is 0 Å². The van der Waals surface area contributed by atoms with Crippen molar-refractivity contribution in [2.45, 2.75) is 39.5 Å². The lowest BCUT2D eigenvalue weighted by Crippen LogP contribution is -2.29. The number of allylic oxidation sites excluding steroid dienone is 4. The first kappa shape index (κ1) is 38.8. The molecule has 0 saturated carbocycles. The monoisotopic (exact) mass is 778 g/mol. The number of benzene rings is 6. The van der Waals surface area contributed by atoms with Gasteiger partial charge < -0.3 is 51.1 Å². The van der Waals surface area contributed by atoms with Crippen LogP contribution in [0.4, 0.5) is 0 Å². The zero-order chi connectivity index (χ0) is 42.0. The molecule has 10 heteroatoms.